The maximum atomic E-state index is 12.8. The highest BCUT2D eigenvalue weighted by atomic mass is 31.2. The van der Waals surface area contributed by atoms with Crippen molar-refractivity contribution in [3.8, 4) is 0 Å². The Morgan fingerprint density at radius 1 is 0.373 bits per heavy atom. The number of hydrogen-bond donors (Lipinski definition) is 2. The molecule has 10 heteroatoms. The molecule has 0 aromatic carbocycles. The van der Waals surface area contributed by atoms with Crippen LogP contribution in [0.3, 0.4) is 0 Å². The fourth-order valence-corrected chi connectivity index (χ4v) is 11.1. The number of rotatable bonds is 67. The summed E-state index contributed by atoms with van der Waals surface area (Å²) in [6.45, 7) is 3.68. The molecule has 83 heavy (non-hydrogen) atoms. The van der Waals surface area contributed by atoms with E-state index in [2.05, 4.69) is 86.8 Å². The van der Waals surface area contributed by atoms with Gasteiger partial charge in [-0.1, -0.05) is 324 Å². The van der Waals surface area contributed by atoms with Crippen LogP contribution in [0.4, 0.5) is 0 Å². The normalized spacial score (nSPS) is 13.3. The zero-order valence-electron chi connectivity index (χ0n) is 54.4. The molecule has 3 N–H and O–H groups in total. The van der Waals surface area contributed by atoms with Crippen molar-refractivity contribution in [3.05, 3.63) is 72.9 Å². The summed E-state index contributed by atoms with van der Waals surface area (Å²) in [5, 5.41) is 0. The van der Waals surface area contributed by atoms with Crippen LogP contribution < -0.4 is 5.73 Å². The highest BCUT2D eigenvalue weighted by Crippen LogP contribution is 2.43. The van der Waals surface area contributed by atoms with Crippen LogP contribution in [-0.4, -0.2) is 49.3 Å². The van der Waals surface area contributed by atoms with E-state index in [1.165, 1.54) is 244 Å². The molecular formula is C73H134NO8P. The second kappa shape index (κ2) is 68.6. The molecule has 0 saturated heterocycles. The first kappa shape index (κ1) is 80.5. The lowest BCUT2D eigenvalue weighted by Gasteiger charge is -2.19. The van der Waals surface area contributed by atoms with Gasteiger partial charge in [-0.3, -0.25) is 18.6 Å². The second-order valence-electron chi connectivity index (χ2n) is 23.7. The van der Waals surface area contributed by atoms with Crippen LogP contribution in [-0.2, 0) is 32.7 Å². The van der Waals surface area contributed by atoms with Crippen molar-refractivity contribution in [1.29, 1.82) is 0 Å². The molecule has 2 unspecified atom stereocenters. The van der Waals surface area contributed by atoms with Crippen molar-refractivity contribution < 1.29 is 37.6 Å². The van der Waals surface area contributed by atoms with Crippen molar-refractivity contribution in [1.82, 2.24) is 0 Å². The van der Waals surface area contributed by atoms with E-state index in [9.17, 15) is 19.0 Å². The average molecular weight is 1180 g/mol. The Balaban J connectivity index is 3.83. The molecule has 0 amide bonds. The SMILES string of the molecule is CC/C=C\C/C=C\C/C=C\C/C=C\CCCCCCCCCCCCCCCCCCC(=O)OC(COC(=O)CCCCCCCCCCCCCCCCCCCCCCC/C=C\C/C=C\CCCCCCC)COP(=O)(O)OCCN. The molecule has 0 fully saturated rings. The monoisotopic (exact) mass is 1180 g/mol. The Morgan fingerprint density at radius 3 is 0.988 bits per heavy atom. The lowest BCUT2D eigenvalue weighted by molar-refractivity contribution is -0.161. The summed E-state index contributed by atoms with van der Waals surface area (Å²) >= 11 is 0. The van der Waals surface area contributed by atoms with E-state index in [4.69, 9.17) is 24.3 Å². The first-order chi connectivity index (χ1) is 40.8. The Hall–Kier alpha value is -2.55. The van der Waals surface area contributed by atoms with Gasteiger partial charge < -0.3 is 20.1 Å². The van der Waals surface area contributed by atoms with E-state index in [-0.39, 0.29) is 38.6 Å². The number of phosphoric acid groups is 1. The highest BCUT2D eigenvalue weighted by molar-refractivity contribution is 7.47. The van der Waals surface area contributed by atoms with Crippen molar-refractivity contribution in [2.75, 3.05) is 26.4 Å². The first-order valence-corrected chi connectivity index (χ1v) is 36.9. The van der Waals surface area contributed by atoms with Crippen molar-refractivity contribution in [2.24, 2.45) is 5.73 Å². The number of allylic oxidation sites excluding steroid dienone is 12. The Kier molecular flexibility index (Phi) is 66.5. The summed E-state index contributed by atoms with van der Waals surface area (Å²) < 4.78 is 33.2. The number of hydrogen-bond acceptors (Lipinski definition) is 8. The molecular weight excluding hydrogens is 1050 g/mol. The lowest BCUT2D eigenvalue weighted by atomic mass is 10.0. The molecule has 0 radical (unpaired) electrons. The number of ether oxygens (including phenoxy) is 2. The van der Waals surface area contributed by atoms with Gasteiger partial charge in [0.1, 0.15) is 6.61 Å². The van der Waals surface area contributed by atoms with E-state index < -0.39 is 26.5 Å². The minimum Gasteiger partial charge on any atom is -0.462 e. The number of nitrogens with two attached hydrogens (primary N) is 1. The first-order valence-electron chi connectivity index (χ1n) is 35.4. The van der Waals surface area contributed by atoms with Crippen LogP contribution in [0.25, 0.3) is 0 Å². The molecule has 0 aliphatic heterocycles. The van der Waals surface area contributed by atoms with Crippen LogP contribution in [0.15, 0.2) is 72.9 Å². The quantitative estimate of drug-likeness (QED) is 0.0264. The minimum atomic E-state index is -4.39. The molecule has 0 heterocycles. The minimum absolute atomic E-state index is 0.0536. The fraction of sp³-hybridized carbons (Fsp3) is 0.808. The van der Waals surface area contributed by atoms with Crippen molar-refractivity contribution in [2.45, 2.75) is 354 Å². The molecule has 484 valence electrons. The molecule has 0 rings (SSSR count). The summed E-state index contributed by atoms with van der Waals surface area (Å²) in [6.07, 6.45) is 90.0. The van der Waals surface area contributed by atoms with Gasteiger partial charge in [-0.2, -0.15) is 0 Å². The number of carbonyl (C=O) groups is 2. The van der Waals surface area contributed by atoms with Gasteiger partial charge in [0.2, 0.25) is 0 Å². The van der Waals surface area contributed by atoms with Crippen LogP contribution in [0.2, 0.25) is 0 Å². The fourth-order valence-electron chi connectivity index (χ4n) is 10.4. The van der Waals surface area contributed by atoms with Gasteiger partial charge in [0.15, 0.2) is 6.10 Å². The van der Waals surface area contributed by atoms with E-state index in [0.717, 1.165) is 70.6 Å². The summed E-state index contributed by atoms with van der Waals surface area (Å²) in [7, 11) is -4.39. The standard InChI is InChI=1S/C73H134NO8P/c1-3-5-7-9-11-13-15-17-19-21-23-25-27-29-31-33-34-35-36-38-39-41-43-45-47-49-51-53-55-57-59-61-63-65-72(75)79-69-71(70-81-83(77,78)80-68-67-74)82-73(76)66-64-62-60-58-56-54-52-50-48-46-44-42-40-37-32-30-28-26-24-22-20-18-16-14-12-10-8-6-4-2/h6,8,12,14-15,17-18,20-21,23-24,26,71H,3-5,7,9-11,13,16,19,22,25,27-70,74H2,1-2H3,(H,77,78)/b8-6-,14-12-,17-15-,20-18-,23-21-,26-24-. The van der Waals surface area contributed by atoms with Gasteiger partial charge in [0, 0.05) is 19.4 Å². The molecule has 0 aromatic heterocycles. The Bertz CT molecular complexity index is 1590. The predicted octanol–water partition coefficient (Wildman–Crippen LogP) is 23.2. The maximum absolute atomic E-state index is 12.8. The van der Waals surface area contributed by atoms with Crippen molar-refractivity contribution in [3.63, 3.8) is 0 Å². The zero-order chi connectivity index (χ0) is 60.1. The number of carbonyl (C=O) groups excluding carboxylic acids is 2. The molecule has 0 spiro atoms. The third-order valence-corrected chi connectivity index (χ3v) is 16.6. The summed E-state index contributed by atoms with van der Waals surface area (Å²) in [5.74, 6) is -0.812. The van der Waals surface area contributed by atoms with Crippen LogP contribution in [0, 0.1) is 0 Å². The summed E-state index contributed by atoms with van der Waals surface area (Å²) in [4.78, 5) is 35.4. The summed E-state index contributed by atoms with van der Waals surface area (Å²) in [6, 6.07) is 0. The molecule has 0 aliphatic carbocycles. The molecule has 0 bridgehead atoms. The largest absolute Gasteiger partial charge is 0.472 e. The lowest BCUT2D eigenvalue weighted by Crippen LogP contribution is -2.29. The third-order valence-electron chi connectivity index (χ3n) is 15.6. The van der Waals surface area contributed by atoms with Crippen molar-refractivity contribution >= 4 is 19.8 Å². The average Bonchev–Trinajstić information content (AvgIpc) is 3.49. The number of phosphoric ester groups is 1. The van der Waals surface area contributed by atoms with Gasteiger partial charge in [-0.25, -0.2) is 4.57 Å². The smallest absolute Gasteiger partial charge is 0.462 e. The molecule has 0 saturated carbocycles. The van der Waals surface area contributed by atoms with Crippen LogP contribution in [0.1, 0.15) is 348 Å². The zero-order valence-corrected chi connectivity index (χ0v) is 55.3. The van der Waals surface area contributed by atoms with E-state index in [1.807, 2.05) is 0 Å². The topological polar surface area (TPSA) is 134 Å². The molecule has 2 atom stereocenters. The van der Waals surface area contributed by atoms with E-state index in [1.54, 1.807) is 0 Å². The number of esters is 2. The second-order valence-corrected chi connectivity index (χ2v) is 25.2. The maximum Gasteiger partial charge on any atom is 0.472 e. The Morgan fingerprint density at radius 2 is 0.663 bits per heavy atom. The van der Waals surface area contributed by atoms with E-state index >= 15 is 0 Å². The van der Waals surface area contributed by atoms with Gasteiger partial charge in [0.25, 0.3) is 0 Å². The van der Waals surface area contributed by atoms with Gasteiger partial charge in [-0.15, -0.1) is 0 Å². The van der Waals surface area contributed by atoms with Gasteiger partial charge in [-0.05, 0) is 83.5 Å². The van der Waals surface area contributed by atoms with Gasteiger partial charge >= 0.3 is 19.8 Å². The van der Waals surface area contributed by atoms with Gasteiger partial charge in [0.05, 0.1) is 13.2 Å². The predicted molar refractivity (Wildman–Crippen MR) is 358 cm³/mol. The third kappa shape index (κ3) is 68.4. The number of unbranched alkanes of at least 4 members (excludes halogenated alkanes) is 42. The Labute approximate surface area is 513 Å². The molecule has 0 aliphatic rings. The summed E-state index contributed by atoms with van der Waals surface area (Å²) in [5.41, 5.74) is 5.40. The molecule has 0 aromatic rings. The van der Waals surface area contributed by atoms with Crippen LogP contribution >= 0.6 is 7.82 Å². The van der Waals surface area contributed by atoms with Crippen LogP contribution in [0.5, 0.6) is 0 Å². The highest BCUT2D eigenvalue weighted by Gasteiger charge is 2.26. The van der Waals surface area contributed by atoms with E-state index in [0.29, 0.717) is 6.42 Å². The molecule has 9 nitrogen and oxygen atoms in total.